The van der Waals surface area contributed by atoms with E-state index in [1.54, 1.807) is 11.3 Å². The normalized spacial score (nSPS) is 10.8. The van der Waals surface area contributed by atoms with Gasteiger partial charge in [0.05, 0.1) is 15.7 Å². The van der Waals surface area contributed by atoms with Gasteiger partial charge in [-0.2, -0.15) is 0 Å². The van der Waals surface area contributed by atoms with Gasteiger partial charge in [0, 0.05) is 5.56 Å². The van der Waals surface area contributed by atoms with Crippen LogP contribution in [0.25, 0.3) is 21.3 Å². The minimum absolute atomic E-state index is 1.11. The molecule has 0 aliphatic carbocycles. The summed E-state index contributed by atoms with van der Waals surface area (Å²) < 4.78 is 1.25. The molecule has 0 aliphatic rings. The molecule has 0 fully saturated rings. The number of nitrogens with zero attached hydrogens (tertiary/aromatic N) is 1. The lowest BCUT2D eigenvalue weighted by Crippen LogP contribution is -1.81. The molecule has 3 rings (SSSR count). The Hall–Kier alpha value is -1.67. The number of aryl methyl sites for hydroxylation is 1. The largest absolute Gasteiger partial charge is 0.244 e. The molecule has 0 N–H and O–H groups in total. The molecule has 78 valence electrons. The number of rotatable bonds is 1. The Kier molecular flexibility index (Phi) is 2.22. The van der Waals surface area contributed by atoms with E-state index in [4.69, 9.17) is 0 Å². The fourth-order valence-electron chi connectivity index (χ4n) is 1.93. The number of para-hydroxylation sites is 1. The minimum Gasteiger partial charge on any atom is -0.244 e. The fraction of sp³-hybridized carbons (Fsp3) is 0.0714. The fourth-order valence-corrected chi connectivity index (χ4v) is 2.64. The lowest BCUT2D eigenvalue weighted by atomic mass is 10.0. The van der Waals surface area contributed by atoms with Crippen molar-refractivity contribution < 1.29 is 0 Å². The number of benzene rings is 2. The van der Waals surface area contributed by atoms with Crippen LogP contribution in [0.1, 0.15) is 5.56 Å². The highest BCUT2D eigenvalue weighted by Crippen LogP contribution is 2.29. The standard InChI is InChI=1S/C14H11NS/c1-10-4-2-5-11(8-10)12-6-3-7-13-14(12)15-9-16-13/h2-9H,1H3. The Morgan fingerprint density at radius 3 is 2.81 bits per heavy atom. The van der Waals surface area contributed by atoms with Crippen LogP contribution in [0.2, 0.25) is 0 Å². The molecule has 0 bridgehead atoms. The third kappa shape index (κ3) is 1.51. The van der Waals surface area contributed by atoms with Crippen molar-refractivity contribution in [3.8, 4) is 11.1 Å². The summed E-state index contributed by atoms with van der Waals surface area (Å²) in [5.74, 6) is 0. The maximum absolute atomic E-state index is 4.44. The molecule has 16 heavy (non-hydrogen) atoms. The molecule has 0 amide bonds. The van der Waals surface area contributed by atoms with Gasteiger partial charge in [-0.15, -0.1) is 11.3 Å². The van der Waals surface area contributed by atoms with Gasteiger partial charge in [-0.3, -0.25) is 0 Å². The van der Waals surface area contributed by atoms with Gasteiger partial charge in [-0.05, 0) is 18.6 Å². The Morgan fingerprint density at radius 2 is 1.94 bits per heavy atom. The van der Waals surface area contributed by atoms with Gasteiger partial charge in [-0.25, -0.2) is 4.98 Å². The molecule has 0 spiro atoms. The predicted octanol–water partition coefficient (Wildman–Crippen LogP) is 4.27. The molecule has 2 aromatic carbocycles. The van der Waals surface area contributed by atoms with Crippen molar-refractivity contribution in [2.45, 2.75) is 6.92 Å². The van der Waals surface area contributed by atoms with Crippen LogP contribution in [0.5, 0.6) is 0 Å². The smallest absolute Gasteiger partial charge is 0.0890 e. The van der Waals surface area contributed by atoms with Crippen LogP contribution in [-0.4, -0.2) is 4.98 Å². The van der Waals surface area contributed by atoms with E-state index < -0.39 is 0 Å². The molecule has 3 aromatic rings. The molecular formula is C14H11NS. The number of hydrogen-bond donors (Lipinski definition) is 0. The zero-order valence-electron chi connectivity index (χ0n) is 8.97. The van der Waals surface area contributed by atoms with Crippen molar-refractivity contribution in [1.82, 2.24) is 4.98 Å². The first kappa shape index (κ1) is 9.55. The maximum atomic E-state index is 4.44. The summed E-state index contributed by atoms with van der Waals surface area (Å²) in [6.07, 6.45) is 0. The van der Waals surface area contributed by atoms with E-state index in [9.17, 15) is 0 Å². The van der Waals surface area contributed by atoms with Crippen molar-refractivity contribution in [1.29, 1.82) is 0 Å². The number of fused-ring (bicyclic) bond motifs is 1. The highest BCUT2D eigenvalue weighted by molar-refractivity contribution is 7.16. The van der Waals surface area contributed by atoms with E-state index in [0.29, 0.717) is 0 Å². The monoisotopic (exact) mass is 225 g/mol. The predicted molar refractivity (Wildman–Crippen MR) is 69.8 cm³/mol. The van der Waals surface area contributed by atoms with Crippen molar-refractivity contribution in [3.05, 3.63) is 53.5 Å². The quantitative estimate of drug-likeness (QED) is 0.602. The van der Waals surface area contributed by atoms with Gasteiger partial charge in [0.25, 0.3) is 0 Å². The van der Waals surface area contributed by atoms with Crippen molar-refractivity contribution in [2.75, 3.05) is 0 Å². The zero-order chi connectivity index (χ0) is 11.0. The first-order valence-electron chi connectivity index (χ1n) is 5.24. The molecular weight excluding hydrogens is 214 g/mol. The molecule has 2 heteroatoms. The van der Waals surface area contributed by atoms with E-state index in [-0.39, 0.29) is 0 Å². The Labute approximate surface area is 98.4 Å². The maximum Gasteiger partial charge on any atom is 0.0890 e. The van der Waals surface area contributed by atoms with Crippen LogP contribution >= 0.6 is 11.3 Å². The summed E-state index contributed by atoms with van der Waals surface area (Å²) in [5, 5.41) is 0. The SMILES string of the molecule is Cc1cccc(-c2cccc3scnc23)c1. The molecule has 0 atom stereocenters. The summed E-state index contributed by atoms with van der Waals surface area (Å²) in [6, 6.07) is 14.9. The number of aromatic nitrogens is 1. The Balaban J connectivity index is 2.29. The van der Waals surface area contributed by atoms with Gasteiger partial charge >= 0.3 is 0 Å². The lowest BCUT2D eigenvalue weighted by Gasteiger charge is -2.03. The van der Waals surface area contributed by atoms with Crippen molar-refractivity contribution in [2.24, 2.45) is 0 Å². The molecule has 1 aromatic heterocycles. The van der Waals surface area contributed by atoms with Gasteiger partial charge in [0.2, 0.25) is 0 Å². The molecule has 0 aliphatic heterocycles. The van der Waals surface area contributed by atoms with Crippen LogP contribution in [0.3, 0.4) is 0 Å². The first-order chi connectivity index (χ1) is 7.84. The molecule has 1 heterocycles. The second kappa shape index (κ2) is 3.72. The van der Waals surface area contributed by atoms with Crippen LogP contribution in [0.4, 0.5) is 0 Å². The van der Waals surface area contributed by atoms with E-state index in [0.717, 1.165) is 5.52 Å². The van der Waals surface area contributed by atoms with E-state index in [2.05, 4.69) is 54.4 Å². The third-order valence-corrected chi connectivity index (χ3v) is 3.48. The number of thiazole rings is 1. The topological polar surface area (TPSA) is 12.9 Å². The summed E-state index contributed by atoms with van der Waals surface area (Å²) in [7, 11) is 0. The highest BCUT2D eigenvalue weighted by Gasteiger charge is 2.05. The molecule has 0 unspecified atom stereocenters. The van der Waals surface area contributed by atoms with Gasteiger partial charge in [0.1, 0.15) is 0 Å². The second-order valence-electron chi connectivity index (χ2n) is 3.87. The molecule has 0 radical (unpaired) electrons. The van der Waals surface area contributed by atoms with Crippen LogP contribution in [-0.2, 0) is 0 Å². The molecule has 1 nitrogen and oxygen atoms in total. The number of hydrogen-bond acceptors (Lipinski definition) is 2. The Bertz CT molecular complexity index is 640. The summed E-state index contributed by atoms with van der Waals surface area (Å²) >= 11 is 1.69. The average molecular weight is 225 g/mol. The van der Waals surface area contributed by atoms with Crippen LogP contribution < -0.4 is 0 Å². The second-order valence-corrected chi connectivity index (χ2v) is 4.76. The third-order valence-electron chi connectivity index (χ3n) is 2.69. The van der Waals surface area contributed by atoms with Crippen molar-refractivity contribution in [3.63, 3.8) is 0 Å². The zero-order valence-corrected chi connectivity index (χ0v) is 9.79. The lowest BCUT2D eigenvalue weighted by molar-refractivity contribution is 1.45. The molecule has 0 saturated carbocycles. The van der Waals surface area contributed by atoms with Crippen molar-refractivity contribution >= 4 is 21.6 Å². The van der Waals surface area contributed by atoms with E-state index >= 15 is 0 Å². The van der Waals surface area contributed by atoms with Gasteiger partial charge in [0.15, 0.2) is 0 Å². The van der Waals surface area contributed by atoms with E-state index in [1.165, 1.54) is 21.4 Å². The van der Waals surface area contributed by atoms with E-state index in [1.807, 2.05) is 5.51 Å². The van der Waals surface area contributed by atoms with Crippen LogP contribution in [0.15, 0.2) is 48.0 Å². The summed E-state index contributed by atoms with van der Waals surface area (Å²) in [6.45, 7) is 2.12. The summed E-state index contributed by atoms with van der Waals surface area (Å²) in [4.78, 5) is 4.44. The van der Waals surface area contributed by atoms with Crippen LogP contribution in [0, 0.1) is 6.92 Å². The Morgan fingerprint density at radius 1 is 1.06 bits per heavy atom. The van der Waals surface area contributed by atoms with Gasteiger partial charge in [-0.1, -0.05) is 42.0 Å². The first-order valence-corrected chi connectivity index (χ1v) is 6.12. The minimum atomic E-state index is 1.11. The summed E-state index contributed by atoms with van der Waals surface area (Å²) in [5.41, 5.74) is 6.77. The average Bonchev–Trinajstić information content (AvgIpc) is 2.76. The highest BCUT2D eigenvalue weighted by atomic mass is 32.1. The van der Waals surface area contributed by atoms with Gasteiger partial charge < -0.3 is 0 Å². The molecule has 0 saturated heterocycles.